The highest BCUT2D eigenvalue weighted by atomic mass is 35.5. The fourth-order valence-corrected chi connectivity index (χ4v) is 3.05. The molecule has 0 spiro atoms. The van der Waals surface area contributed by atoms with E-state index in [9.17, 15) is 14.9 Å². The Kier molecular flexibility index (Phi) is 4.13. The monoisotopic (exact) mass is 364 g/mol. The molecule has 0 atom stereocenters. The number of nitrogens with one attached hydrogen (secondary N) is 1. The van der Waals surface area contributed by atoms with Gasteiger partial charge < -0.3 is 19.2 Å². The number of methoxy groups -OCH3 is 3. The van der Waals surface area contributed by atoms with Crippen molar-refractivity contribution < 1.29 is 19.1 Å². The number of benzene rings is 2. The Bertz CT molecular complexity index is 1080. The first-order chi connectivity index (χ1) is 11.9. The van der Waals surface area contributed by atoms with Gasteiger partial charge in [-0.2, -0.15) is 0 Å². The largest absolute Gasteiger partial charge is 0.493 e. The van der Waals surface area contributed by atoms with Crippen molar-refractivity contribution in [3.63, 3.8) is 0 Å². The highest BCUT2D eigenvalue weighted by molar-refractivity contribution is 6.36. The van der Waals surface area contributed by atoms with Crippen LogP contribution in [0.25, 0.3) is 21.8 Å². The number of nitrogens with zero attached hydrogens (tertiary/aromatic N) is 1. The minimum absolute atomic E-state index is 0.00823. The van der Waals surface area contributed by atoms with Crippen LogP contribution in [0.3, 0.4) is 0 Å². The average molecular weight is 365 g/mol. The summed E-state index contributed by atoms with van der Waals surface area (Å²) < 4.78 is 15.9. The number of hydrogen-bond donors (Lipinski definition) is 1. The lowest BCUT2D eigenvalue weighted by Crippen LogP contribution is -2.09. The summed E-state index contributed by atoms with van der Waals surface area (Å²) in [4.78, 5) is 26.6. The van der Waals surface area contributed by atoms with Crippen molar-refractivity contribution in [1.29, 1.82) is 0 Å². The zero-order valence-corrected chi connectivity index (χ0v) is 14.3. The van der Waals surface area contributed by atoms with Gasteiger partial charge in [-0.05, 0) is 6.07 Å². The van der Waals surface area contributed by atoms with E-state index in [0.29, 0.717) is 11.3 Å². The highest BCUT2D eigenvalue weighted by Crippen LogP contribution is 2.42. The zero-order chi connectivity index (χ0) is 18.3. The summed E-state index contributed by atoms with van der Waals surface area (Å²) in [6.45, 7) is 0. The maximum absolute atomic E-state index is 13.0. The third-order valence-corrected chi connectivity index (χ3v) is 4.19. The topological polar surface area (TPSA) is 104 Å². The molecule has 0 amide bonds. The van der Waals surface area contributed by atoms with Crippen LogP contribution in [-0.4, -0.2) is 31.2 Å². The molecule has 1 aromatic heterocycles. The van der Waals surface area contributed by atoms with Gasteiger partial charge in [-0.1, -0.05) is 11.6 Å². The third kappa shape index (κ3) is 2.42. The molecule has 25 heavy (non-hydrogen) atoms. The van der Waals surface area contributed by atoms with Gasteiger partial charge in [-0.3, -0.25) is 14.9 Å². The van der Waals surface area contributed by atoms with Gasteiger partial charge in [0.05, 0.1) is 47.6 Å². The number of halogens is 1. The fraction of sp³-hybridized carbons (Fsp3) is 0.188. The molecule has 0 aliphatic heterocycles. The third-order valence-electron chi connectivity index (χ3n) is 3.87. The van der Waals surface area contributed by atoms with E-state index >= 15 is 0 Å². The number of pyridine rings is 1. The van der Waals surface area contributed by atoms with Gasteiger partial charge in [0.2, 0.25) is 11.2 Å². The van der Waals surface area contributed by atoms with E-state index in [1.165, 1.54) is 39.5 Å². The molecule has 2 aromatic carbocycles. The van der Waals surface area contributed by atoms with Crippen molar-refractivity contribution in [2.24, 2.45) is 0 Å². The number of H-pyrrole nitrogens is 1. The summed E-state index contributed by atoms with van der Waals surface area (Å²) >= 11 is 6.13. The van der Waals surface area contributed by atoms with Crippen molar-refractivity contribution in [2.75, 3.05) is 21.3 Å². The average Bonchev–Trinajstić information content (AvgIpc) is 2.59. The van der Waals surface area contributed by atoms with Gasteiger partial charge in [0.25, 0.3) is 5.69 Å². The zero-order valence-electron chi connectivity index (χ0n) is 13.5. The summed E-state index contributed by atoms with van der Waals surface area (Å²) in [5.74, 6) is 0.706. The Labute approximate surface area is 146 Å². The molecule has 0 radical (unpaired) electrons. The van der Waals surface area contributed by atoms with Crippen molar-refractivity contribution in [1.82, 2.24) is 4.98 Å². The van der Waals surface area contributed by atoms with Crippen LogP contribution in [0.5, 0.6) is 17.2 Å². The molecule has 3 rings (SSSR count). The Balaban J connectivity index is 2.63. The van der Waals surface area contributed by atoms with Crippen molar-refractivity contribution in [2.45, 2.75) is 0 Å². The molecule has 0 bridgehead atoms. The van der Waals surface area contributed by atoms with Crippen molar-refractivity contribution >= 4 is 39.1 Å². The highest BCUT2D eigenvalue weighted by Gasteiger charge is 2.24. The Morgan fingerprint density at radius 2 is 1.76 bits per heavy atom. The van der Waals surface area contributed by atoms with E-state index in [0.717, 1.165) is 0 Å². The number of aromatic nitrogens is 1. The first-order valence-corrected chi connectivity index (χ1v) is 7.43. The SMILES string of the molecule is COc1cc2[nH]c3c([N+](=O)[O-])ccc(Cl)c3c(=O)c2c(OC)c1OC. The van der Waals surface area contributed by atoms with E-state index in [1.807, 2.05) is 0 Å². The summed E-state index contributed by atoms with van der Waals surface area (Å²) in [6.07, 6.45) is 0. The Morgan fingerprint density at radius 3 is 2.32 bits per heavy atom. The normalized spacial score (nSPS) is 10.9. The number of aromatic amines is 1. The van der Waals surface area contributed by atoms with Crippen molar-refractivity contribution in [3.05, 3.63) is 43.6 Å². The molecule has 0 saturated carbocycles. The summed E-state index contributed by atoms with van der Waals surface area (Å²) in [7, 11) is 4.23. The standard InChI is InChI=1S/C16H13ClN2O6/c1-23-10-6-8-12(16(25-3)15(10)24-2)14(20)11-7(17)4-5-9(19(21)22)13(11)18-8/h4-6H,1-3H3,(H,18,20). The number of hydrogen-bond acceptors (Lipinski definition) is 6. The molecular weight excluding hydrogens is 352 g/mol. The van der Waals surface area contributed by atoms with Gasteiger partial charge in [-0.15, -0.1) is 0 Å². The lowest BCUT2D eigenvalue weighted by Gasteiger charge is -2.15. The number of fused-ring (bicyclic) bond motifs is 2. The van der Waals surface area contributed by atoms with Gasteiger partial charge in [0, 0.05) is 12.1 Å². The van der Waals surface area contributed by atoms with Crippen LogP contribution < -0.4 is 19.6 Å². The number of nitro groups is 1. The summed E-state index contributed by atoms with van der Waals surface area (Å²) in [5.41, 5.74) is -0.427. The summed E-state index contributed by atoms with van der Waals surface area (Å²) in [5, 5.41) is 11.6. The van der Waals surface area contributed by atoms with Crippen molar-refractivity contribution in [3.8, 4) is 17.2 Å². The molecule has 0 fully saturated rings. The molecule has 0 aliphatic rings. The Hall–Kier alpha value is -3.00. The second-order valence-electron chi connectivity index (χ2n) is 5.10. The number of nitro benzene ring substituents is 1. The molecule has 8 nitrogen and oxygen atoms in total. The van der Waals surface area contributed by atoms with E-state index in [2.05, 4.69) is 4.98 Å². The maximum Gasteiger partial charge on any atom is 0.293 e. The molecule has 130 valence electrons. The first-order valence-electron chi connectivity index (χ1n) is 7.06. The fourth-order valence-electron chi connectivity index (χ4n) is 2.81. The van der Waals surface area contributed by atoms with Crippen LogP contribution in [0.15, 0.2) is 23.0 Å². The Morgan fingerprint density at radius 1 is 1.08 bits per heavy atom. The number of ether oxygens (including phenoxy) is 3. The minimum Gasteiger partial charge on any atom is -0.493 e. The predicted octanol–water partition coefficient (Wildman–Crippen LogP) is 3.27. The first kappa shape index (κ1) is 16.8. The van der Waals surface area contributed by atoms with Crippen LogP contribution >= 0.6 is 11.6 Å². The van der Waals surface area contributed by atoms with Crippen LogP contribution in [0.4, 0.5) is 5.69 Å². The molecule has 0 unspecified atom stereocenters. The molecule has 0 saturated heterocycles. The number of rotatable bonds is 4. The maximum atomic E-state index is 13.0. The number of non-ortho nitro benzene ring substituents is 1. The van der Waals surface area contributed by atoms with Gasteiger partial charge >= 0.3 is 0 Å². The van der Waals surface area contributed by atoms with E-state index in [1.54, 1.807) is 0 Å². The van der Waals surface area contributed by atoms with Gasteiger partial charge in [0.1, 0.15) is 5.52 Å². The van der Waals surface area contributed by atoms with E-state index in [-0.39, 0.29) is 38.5 Å². The van der Waals surface area contributed by atoms with Gasteiger partial charge in [0.15, 0.2) is 11.5 Å². The lowest BCUT2D eigenvalue weighted by atomic mass is 10.1. The molecule has 9 heteroatoms. The van der Waals surface area contributed by atoms with Crippen LogP contribution in [-0.2, 0) is 0 Å². The molecule has 1 N–H and O–H groups in total. The smallest absolute Gasteiger partial charge is 0.293 e. The summed E-state index contributed by atoms with van der Waals surface area (Å²) in [6, 6.07) is 4.07. The quantitative estimate of drug-likeness (QED) is 0.433. The van der Waals surface area contributed by atoms with E-state index < -0.39 is 10.4 Å². The van der Waals surface area contributed by atoms with Gasteiger partial charge in [-0.25, -0.2) is 0 Å². The molecular formula is C16H13ClN2O6. The van der Waals surface area contributed by atoms with E-state index in [4.69, 9.17) is 25.8 Å². The molecule has 0 aliphatic carbocycles. The molecule has 3 aromatic rings. The van der Waals surface area contributed by atoms with Crippen LogP contribution in [0.1, 0.15) is 0 Å². The van der Waals surface area contributed by atoms with Crippen LogP contribution in [0.2, 0.25) is 5.02 Å². The molecule has 1 heterocycles. The second kappa shape index (κ2) is 6.14. The lowest BCUT2D eigenvalue weighted by molar-refractivity contribution is -0.383. The predicted molar refractivity (Wildman–Crippen MR) is 93.4 cm³/mol. The second-order valence-corrected chi connectivity index (χ2v) is 5.50. The minimum atomic E-state index is -0.585. The van der Waals surface area contributed by atoms with Crippen LogP contribution in [0, 0.1) is 10.1 Å².